The van der Waals surface area contributed by atoms with E-state index in [-0.39, 0.29) is 41.4 Å². The molecule has 3 aliphatic heterocycles. The largest absolute Gasteiger partial charge is 0.669 e. The Labute approximate surface area is 162 Å². The van der Waals surface area contributed by atoms with E-state index in [1.54, 1.807) is 17.0 Å². The maximum atomic E-state index is 12.4. The number of aromatic carboxylic acids is 1. The van der Waals surface area contributed by atoms with Crippen LogP contribution in [0.2, 0.25) is 6.32 Å². The zero-order valence-corrected chi connectivity index (χ0v) is 15.6. The molecule has 2 unspecified atom stereocenters. The van der Waals surface area contributed by atoms with Crippen molar-refractivity contribution in [3.63, 3.8) is 0 Å². The second-order valence-electron chi connectivity index (χ2n) is 8.03. The molecule has 1 amide bonds. The monoisotopic (exact) mass is 391 g/mol. The van der Waals surface area contributed by atoms with Crippen molar-refractivity contribution in [2.45, 2.75) is 38.2 Å². The minimum absolute atomic E-state index is 0.0137. The van der Waals surface area contributed by atoms with E-state index in [2.05, 4.69) is 12.2 Å². The lowest BCUT2D eigenvalue weighted by molar-refractivity contribution is -0.142. The number of nitrogens with one attached hydrogen (secondary N) is 1. The molecule has 0 saturated carbocycles. The van der Waals surface area contributed by atoms with Gasteiger partial charge in [-0.05, 0) is 36.9 Å². The summed E-state index contributed by atoms with van der Waals surface area (Å²) in [6.45, 7) is 0.627. The Hall–Kier alpha value is -2.30. The van der Waals surface area contributed by atoms with Crippen LogP contribution in [0.5, 0.6) is 11.5 Å². The molecule has 1 aromatic carbocycles. The van der Waals surface area contributed by atoms with Gasteiger partial charge in [0.2, 0.25) is 5.91 Å². The average Bonchev–Trinajstić information content (AvgIpc) is 3.02. The number of carboxylic acids is 1. The van der Waals surface area contributed by atoms with Gasteiger partial charge in [-0.1, -0.05) is 19.3 Å². The van der Waals surface area contributed by atoms with Gasteiger partial charge in [-0.3, -0.25) is 4.79 Å². The lowest BCUT2D eigenvalue weighted by Crippen LogP contribution is -2.59. The minimum Gasteiger partial charge on any atom is -0.669 e. The van der Waals surface area contributed by atoms with Gasteiger partial charge in [-0.2, -0.15) is 0 Å². The van der Waals surface area contributed by atoms with E-state index in [9.17, 15) is 24.7 Å². The van der Waals surface area contributed by atoms with Crippen molar-refractivity contribution in [2.75, 3.05) is 19.6 Å². The van der Waals surface area contributed by atoms with Gasteiger partial charge in [0.1, 0.15) is 17.4 Å². The number of fused-ring (bicyclic) bond motifs is 1. The summed E-state index contributed by atoms with van der Waals surface area (Å²) in [5.41, 5.74) is 0.375. The molecule has 0 spiro atoms. The number of nitrogens with zero attached hydrogens (tertiary/aromatic N) is 1. The maximum absolute atomic E-state index is 12.4. The standard InChI is InChI=1S/C18H24BN2O7/c1-10-6-13(20-7-10)17(22)21-8-12(9-21)27-14-3-2-11-4-5-19(25,26)28-16(11)15(14)18(23)24/h2-3,10,12-13,20,25-26H,4-9H2,1H3,(H,23,24)/q-1. The van der Waals surface area contributed by atoms with Crippen molar-refractivity contribution in [2.24, 2.45) is 5.92 Å². The minimum atomic E-state index is -3.08. The summed E-state index contributed by atoms with van der Waals surface area (Å²) in [6, 6.07) is 3.07. The van der Waals surface area contributed by atoms with Crippen LogP contribution < -0.4 is 14.7 Å². The number of hydrogen-bond acceptors (Lipinski definition) is 7. The van der Waals surface area contributed by atoms with Crippen molar-refractivity contribution in [1.29, 1.82) is 0 Å². The van der Waals surface area contributed by atoms with E-state index >= 15 is 0 Å². The van der Waals surface area contributed by atoms with E-state index in [0.29, 0.717) is 31.0 Å². The van der Waals surface area contributed by atoms with Crippen molar-refractivity contribution in [1.82, 2.24) is 10.2 Å². The van der Waals surface area contributed by atoms with E-state index in [4.69, 9.17) is 9.39 Å². The summed E-state index contributed by atoms with van der Waals surface area (Å²) < 4.78 is 11.0. The molecule has 0 radical (unpaired) electrons. The Balaban J connectivity index is 1.45. The predicted octanol–water partition coefficient (Wildman–Crippen LogP) is -0.169. The molecule has 4 rings (SSSR count). The number of carbonyl (C=O) groups excluding carboxylic acids is 1. The normalized spacial score (nSPS) is 26.2. The molecule has 3 aliphatic rings. The predicted molar refractivity (Wildman–Crippen MR) is 99.3 cm³/mol. The third-order valence-electron chi connectivity index (χ3n) is 5.61. The first-order chi connectivity index (χ1) is 13.2. The van der Waals surface area contributed by atoms with Crippen LogP contribution in [-0.4, -0.2) is 70.5 Å². The van der Waals surface area contributed by atoms with Crippen LogP contribution in [0, 0.1) is 5.92 Å². The van der Waals surface area contributed by atoms with Crippen LogP contribution in [0.1, 0.15) is 29.3 Å². The third-order valence-corrected chi connectivity index (χ3v) is 5.61. The first kappa shape index (κ1) is 19.0. The smallest absolute Gasteiger partial charge is 0.430 e. The van der Waals surface area contributed by atoms with Gasteiger partial charge >= 0.3 is 12.7 Å². The van der Waals surface area contributed by atoms with Gasteiger partial charge in [0, 0.05) is 0 Å². The van der Waals surface area contributed by atoms with Crippen molar-refractivity contribution < 1.29 is 34.1 Å². The Kier molecular flexibility index (Phi) is 4.72. The average molecular weight is 391 g/mol. The number of rotatable bonds is 4. The summed E-state index contributed by atoms with van der Waals surface area (Å²) in [5.74, 6) is -0.703. The fourth-order valence-corrected chi connectivity index (χ4v) is 4.02. The third kappa shape index (κ3) is 3.55. The van der Waals surface area contributed by atoms with Gasteiger partial charge in [0.25, 0.3) is 0 Å². The number of benzene rings is 1. The Morgan fingerprint density at radius 1 is 1.32 bits per heavy atom. The van der Waals surface area contributed by atoms with E-state index in [1.165, 1.54) is 0 Å². The molecule has 2 fully saturated rings. The molecule has 0 aromatic heterocycles. The summed E-state index contributed by atoms with van der Waals surface area (Å²) in [7, 11) is 0. The molecule has 4 N–H and O–H groups in total. The van der Waals surface area contributed by atoms with Gasteiger partial charge < -0.3 is 34.8 Å². The van der Waals surface area contributed by atoms with Gasteiger partial charge in [-0.15, -0.1) is 0 Å². The van der Waals surface area contributed by atoms with Crippen LogP contribution >= 0.6 is 0 Å². The molecule has 2 atom stereocenters. The highest BCUT2D eigenvalue weighted by Gasteiger charge is 2.39. The first-order valence-corrected chi connectivity index (χ1v) is 9.61. The molecule has 0 bridgehead atoms. The first-order valence-electron chi connectivity index (χ1n) is 9.61. The maximum Gasteiger partial charge on any atom is 0.430 e. The van der Waals surface area contributed by atoms with Gasteiger partial charge in [0.15, 0.2) is 0 Å². The van der Waals surface area contributed by atoms with Crippen LogP contribution in [0.3, 0.4) is 0 Å². The summed E-state index contributed by atoms with van der Waals surface area (Å²) >= 11 is 0. The van der Waals surface area contributed by atoms with Crippen molar-refractivity contribution in [3.8, 4) is 11.5 Å². The SMILES string of the molecule is CC1CNC(C(=O)N2CC(Oc3ccc4c(c3C(=O)O)O[B-](O)(O)CC4)C2)C1. The number of carbonyl (C=O) groups is 2. The second-order valence-corrected chi connectivity index (χ2v) is 8.03. The fourth-order valence-electron chi connectivity index (χ4n) is 4.02. The van der Waals surface area contributed by atoms with Crippen LogP contribution in [-0.2, 0) is 11.2 Å². The van der Waals surface area contributed by atoms with Crippen molar-refractivity contribution >= 4 is 18.6 Å². The lowest BCUT2D eigenvalue weighted by atomic mass is 9.70. The number of likely N-dealkylation sites (tertiary alicyclic amines) is 1. The van der Waals surface area contributed by atoms with Crippen LogP contribution in [0.15, 0.2) is 12.1 Å². The number of aryl methyl sites for hydroxylation is 1. The summed E-state index contributed by atoms with van der Waals surface area (Å²) in [5, 5.41) is 32.4. The molecule has 28 heavy (non-hydrogen) atoms. The summed E-state index contributed by atoms with van der Waals surface area (Å²) in [4.78, 5) is 25.9. The van der Waals surface area contributed by atoms with Gasteiger partial charge in [-0.25, -0.2) is 4.79 Å². The second kappa shape index (κ2) is 6.95. The molecule has 1 aromatic rings. The molecule has 2 saturated heterocycles. The topological polar surface area (TPSA) is 129 Å². The zero-order chi connectivity index (χ0) is 20.1. The number of ether oxygens (including phenoxy) is 1. The molecular weight excluding hydrogens is 367 g/mol. The molecular formula is C18H24BN2O7-. The number of hydrogen-bond donors (Lipinski definition) is 4. The highest BCUT2D eigenvalue weighted by molar-refractivity contribution is 6.59. The quantitative estimate of drug-likeness (QED) is 0.521. The Bertz CT molecular complexity index is 809. The van der Waals surface area contributed by atoms with Crippen molar-refractivity contribution in [3.05, 3.63) is 23.3 Å². The van der Waals surface area contributed by atoms with E-state index in [1.807, 2.05) is 0 Å². The highest BCUT2D eigenvalue weighted by atomic mass is 16.6. The molecule has 3 heterocycles. The number of carboxylic acid groups (broad SMARTS) is 1. The highest BCUT2D eigenvalue weighted by Crippen LogP contribution is 2.39. The molecule has 10 heteroatoms. The Morgan fingerprint density at radius 3 is 2.71 bits per heavy atom. The van der Waals surface area contributed by atoms with E-state index < -0.39 is 12.7 Å². The fraction of sp³-hybridized carbons (Fsp3) is 0.556. The zero-order valence-electron chi connectivity index (χ0n) is 15.6. The lowest BCUT2D eigenvalue weighted by Gasteiger charge is -2.41. The van der Waals surface area contributed by atoms with Gasteiger partial charge in [0.05, 0.1) is 24.9 Å². The summed E-state index contributed by atoms with van der Waals surface area (Å²) in [6.07, 6.45) is 0.820. The Morgan fingerprint density at radius 2 is 2.07 bits per heavy atom. The van der Waals surface area contributed by atoms with Crippen LogP contribution in [0.25, 0.3) is 0 Å². The molecule has 152 valence electrons. The molecule has 9 nitrogen and oxygen atoms in total. The van der Waals surface area contributed by atoms with Crippen LogP contribution in [0.4, 0.5) is 0 Å². The molecule has 0 aliphatic carbocycles. The van der Waals surface area contributed by atoms with E-state index in [0.717, 1.165) is 13.0 Å². The number of amides is 1.